The highest BCUT2D eigenvalue weighted by atomic mass is 32.2. The Kier molecular flexibility index (Phi) is 5.31. The Balaban J connectivity index is 2.81. The molecule has 1 rings (SSSR count). The van der Waals surface area contributed by atoms with Crippen LogP contribution < -0.4 is 15.8 Å². The molecule has 4 N–H and O–H groups in total. The van der Waals surface area contributed by atoms with Crippen LogP contribution in [0, 0.1) is 0 Å². The molecule has 0 heterocycles. The van der Waals surface area contributed by atoms with Gasteiger partial charge < -0.3 is 11.1 Å². The molecule has 7 heteroatoms. The standard InChI is InChI=1S/C12H19N3O3S/c1-3-9(13)8-12(16)14-10-6-4-5-7-11(10)15-19(2,17)18/h4-7,9,15H,3,8,13H2,1-2H3,(H,14,16). The van der Waals surface area contributed by atoms with Gasteiger partial charge in [-0.25, -0.2) is 8.42 Å². The Morgan fingerprint density at radius 3 is 2.42 bits per heavy atom. The molecule has 1 aromatic rings. The number of nitrogens with one attached hydrogen (secondary N) is 2. The molecule has 0 aliphatic heterocycles. The molecule has 1 amide bonds. The first-order valence-corrected chi connectivity index (χ1v) is 7.83. The number of anilines is 2. The molecule has 0 spiro atoms. The number of hydrogen-bond acceptors (Lipinski definition) is 4. The minimum atomic E-state index is -3.39. The van der Waals surface area contributed by atoms with Crippen molar-refractivity contribution in [3.63, 3.8) is 0 Å². The van der Waals surface area contributed by atoms with E-state index in [-0.39, 0.29) is 18.4 Å². The first kappa shape index (κ1) is 15.5. The molecular weight excluding hydrogens is 266 g/mol. The molecule has 6 nitrogen and oxygen atoms in total. The SMILES string of the molecule is CCC(N)CC(=O)Nc1ccccc1NS(C)(=O)=O. The Bertz CT molecular complexity index is 543. The van der Waals surface area contributed by atoms with Crippen LogP contribution in [-0.4, -0.2) is 26.6 Å². The molecule has 0 saturated heterocycles. The molecule has 106 valence electrons. The highest BCUT2D eigenvalue weighted by Gasteiger charge is 2.11. The number of rotatable bonds is 6. The largest absolute Gasteiger partial charge is 0.327 e. The number of hydrogen-bond donors (Lipinski definition) is 3. The predicted molar refractivity (Wildman–Crippen MR) is 76.4 cm³/mol. The minimum Gasteiger partial charge on any atom is -0.327 e. The summed E-state index contributed by atoms with van der Waals surface area (Å²) < 4.78 is 24.8. The fourth-order valence-electron chi connectivity index (χ4n) is 1.46. The van der Waals surface area contributed by atoms with E-state index in [0.717, 1.165) is 6.26 Å². The summed E-state index contributed by atoms with van der Waals surface area (Å²) in [4.78, 5) is 11.7. The average molecular weight is 285 g/mol. The van der Waals surface area contributed by atoms with Crippen LogP contribution in [-0.2, 0) is 14.8 Å². The Morgan fingerprint density at radius 1 is 1.32 bits per heavy atom. The van der Waals surface area contributed by atoms with Crippen LogP contribution in [0.3, 0.4) is 0 Å². The maximum atomic E-state index is 11.7. The van der Waals surface area contributed by atoms with Gasteiger partial charge in [0.1, 0.15) is 0 Å². The van der Waals surface area contributed by atoms with Crippen molar-refractivity contribution < 1.29 is 13.2 Å². The molecule has 0 saturated carbocycles. The van der Waals surface area contributed by atoms with E-state index in [9.17, 15) is 13.2 Å². The number of nitrogens with two attached hydrogens (primary N) is 1. The third kappa shape index (κ3) is 5.71. The van der Waals surface area contributed by atoms with E-state index in [2.05, 4.69) is 10.0 Å². The van der Waals surface area contributed by atoms with Crippen LogP contribution in [0.5, 0.6) is 0 Å². The number of para-hydroxylation sites is 2. The number of amides is 1. The number of benzene rings is 1. The highest BCUT2D eigenvalue weighted by molar-refractivity contribution is 7.92. The summed E-state index contributed by atoms with van der Waals surface area (Å²) in [6, 6.07) is 6.40. The van der Waals surface area contributed by atoms with E-state index in [1.54, 1.807) is 24.3 Å². The van der Waals surface area contributed by atoms with Crippen LogP contribution in [0.4, 0.5) is 11.4 Å². The zero-order valence-corrected chi connectivity index (χ0v) is 11.8. The quantitative estimate of drug-likeness (QED) is 0.729. The molecule has 1 atom stereocenters. The van der Waals surface area contributed by atoms with Crippen LogP contribution in [0.1, 0.15) is 19.8 Å². The van der Waals surface area contributed by atoms with Gasteiger partial charge in [-0.3, -0.25) is 9.52 Å². The molecule has 0 aromatic heterocycles. The molecule has 0 radical (unpaired) electrons. The van der Waals surface area contributed by atoms with E-state index < -0.39 is 10.0 Å². The normalized spacial score (nSPS) is 12.8. The van der Waals surface area contributed by atoms with E-state index in [4.69, 9.17) is 5.73 Å². The zero-order valence-electron chi connectivity index (χ0n) is 11.0. The van der Waals surface area contributed by atoms with Crippen LogP contribution in [0.2, 0.25) is 0 Å². The number of sulfonamides is 1. The molecule has 19 heavy (non-hydrogen) atoms. The van der Waals surface area contributed by atoms with E-state index in [0.29, 0.717) is 17.8 Å². The second kappa shape index (κ2) is 6.53. The summed E-state index contributed by atoms with van der Waals surface area (Å²) in [6.07, 6.45) is 1.96. The van der Waals surface area contributed by atoms with Gasteiger partial charge in [-0.2, -0.15) is 0 Å². The Labute approximate surface area is 113 Å². The van der Waals surface area contributed by atoms with Crippen molar-refractivity contribution in [3.05, 3.63) is 24.3 Å². The molecular formula is C12H19N3O3S. The maximum absolute atomic E-state index is 11.7. The van der Waals surface area contributed by atoms with Crippen molar-refractivity contribution in [2.45, 2.75) is 25.8 Å². The number of carbonyl (C=O) groups is 1. The lowest BCUT2D eigenvalue weighted by Gasteiger charge is -2.13. The lowest BCUT2D eigenvalue weighted by molar-refractivity contribution is -0.116. The fraction of sp³-hybridized carbons (Fsp3) is 0.417. The van der Waals surface area contributed by atoms with Crippen molar-refractivity contribution in [2.75, 3.05) is 16.3 Å². The Hall–Kier alpha value is -1.60. The second-order valence-electron chi connectivity index (χ2n) is 4.34. The van der Waals surface area contributed by atoms with Gasteiger partial charge in [0, 0.05) is 12.5 Å². The topological polar surface area (TPSA) is 101 Å². The predicted octanol–water partition coefficient (Wildman–Crippen LogP) is 1.12. The first-order valence-electron chi connectivity index (χ1n) is 5.94. The third-order valence-corrected chi connectivity index (χ3v) is 3.06. The van der Waals surface area contributed by atoms with Gasteiger partial charge in [-0.1, -0.05) is 19.1 Å². The fourth-order valence-corrected chi connectivity index (χ4v) is 2.04. The van der Waals surface area contributed by atoms with Crippen molar-refractivity contribution in [2.24, 2.45) is 5.73 Å². The lowest BCUT2D eigenvalue weighted by atomic mass is 10.1. The van der Waals surface area contributed by atoms with Gasteiger partial charge in [-0.05, 0) is 18.6 Å². The van der Waals surface area contributed by atoms with Gasteiger partial charge >= 0.3 is 0 Å². The molecule has 1 aromatic carbocycles. The minimum absolute atomic E-state index is 0.198. The zero-order chi connectivity index (χ0) is 14.5. The van der Waals surface area contributed by atoms with Gasteiger partial charge in [0.05, 0.1) is 17.6 Å². The van der Waals surface area contributed by atoms with Crippen molar-refractivity contribution >= 4 is 27.3 Å². The third-order valence-electron chi connectivity index (χ3n) is 2.47. The van der Waals surface area contributed by atoms with Crippen LogP contribution in [0.25, 0.3) is 0 Å². The van der Waals surface area contributed by atoms with Crippen molar-refractivity contribution in [3.8, 4) is 0 Å². The second-order valence-corrected chi connectivity index (χ2v) is 6.09. The average Bonchev–Trinajstić information content (AvgIpc) is 2.29. The van der Waals surface area contributed by atoms with Crippen LogP contribution >= 0.6 is 0 Å². The smallest absolute Gasteiger partial charge is 0.229 e. The maximum Gasteiger partial charge on any atom is 0.229 e. The van der Waals surface area contributed by atoms with Gasteiger partial charge in [0.2, 0.25) is 15.9 Å². The highest BCUT2D eigenvalue weighted by Crippen LogP contribution is 2.22. The van der Waals surface area contributed by atoms with Crippen molar-refractivity contribution in [1.29, 1.82) is 0 Å². The monoisotopic (exact) mass is 285 g/mol. The molecule has 0 aliphatic carbocycles. The summed E-state index contributed by atoms with van der Waals surface area (Å²) in [5.74, 6) is -0.239. The van der Waals surface area contributed by atoms with Gasteiger partial charge in [0.15, 0.2) is 0 Å². The van der Waals surface area contributed by atoms with E-state index in [1.165, 1.54) is 0 Å². The summed E-state index contributed by atoms with van der Waals surface area (Å²) in [5, 5.41) is 2.65. The van der Waals surface area contributed by atoms with Gasteiger partial charge in [-0.15, -0.1) is 0 Å². The summed E-state index contributed by atoms with van der Waals surface area (Å²) >= 11 is 0. The van der Waals surface area contributed by atoms with Crippen LogP contribution in [0.15, 0.2) is 24.3 Å². The summed E-state index contributed by atoms with van der Waals surface area (Å²) in [6.45, 7) is 1.90. The lowest BCUT2D eigenvalue weighted by Crippen LogP contribution is -2.26. The molecule has 1 unspecified atom stereocenters. The number of carbonyl (C=O) groups excluding carboxylic acids is 1. The Morgan fingerprint density at radius 2 is 1.89 bits per heavy atom. The molecule has 0 bridgehead atoms. The summed E-state index contributed by atoms with van der Waals surface area (Å²) in [5.41, 5.74) is 6.45. The van der Waals surface area contributed by atoms with Crippen molar-refractivity contribution in [1.82, 2.24) is 0 Å². The first-order chi connectivity index (χ1) is 8.81. The van der Waals surface area contributed by atoms with Gasteiger partial charge in [0.25, 0.3) is 0 Å². The summed E-state index contributed by atoms with van der Waals surface area (Å²) in [7, 11) is -3.39. The molecule has 0 fully saturated rings. The molecule has 0 aliphatic rings. The van der Waals surface area contributed by atoms with E-state index in [1.807, 2.05) is 6.92 Å². The van der Waals surface area contributed by atoms with E-state index >= 15 is 0 Å².